The lowest BCUT2D eigenvalue weighted by Gasteiger charge is -2.34. The van der Waals surface area contributed by atoms with E-state index in [-0.39, 0.29) is 22.3 Å². The predicted molar refractivity (Wildman–Crippen MR) is 74.7 cm³/mol. The summed E-state index contributed by atoms with van der Waals surface area (Å²) in [6, 6.07) is 0. The number of hydrogen-bond donors (Lipinski definition) is 1. The molecule has 1 aliphatic carbocycles. The zero-order valence-electron chi connectivity index (χ0n) is 10.5. The van der Waals surface area contributed by atoms with Crippen molar-refractivity contribution in [2.75, 3.05) is 11.5 Å². The Morgan fingerprint density at radius 3 is 2.00 bits per heavy atom. The lowest BCUT2D eigenvalue weighted by molar-refractivity contribution is -0.152. The molecule has 5 nitrogen and oxygen atoms in total. The van der Waals surface area contributed by atoms with Gasteiger partial charge >= 0.3 is 0 Å². The van der Waals surface area contributed by atoms with Crippen molar-refractivity contribution in [3.05, 3.63) is 0 Å². The molecule has 7 heteroatoms. The smallest absolute Gasteiger partial charge is 0.244 e. The van der Waals surface area contributed by atoms with E-state index in [0.29, 0.717) is 12.8 Å². The summed E-state index contributed by atoms with van der Waals surface area (Å²) in [4.78, 5) is 38.1. The van der Waals surface area contributed by atoms with Crippen LogP contribution in [-0.2, 0) is 14.4 Å². The highest BCUT2D eigenvalue weighted by atomic mass is 32.2. The maximum absolute atomic E-state index is 12.5. The number of imide groups is 1. The topological polar surface area (TPSA) is 80.5 Å². The first-order valence-corrected chi connectivity index (χ1v) is 8.59. The van der Waals surface area contributed by atoms with Crippen LogP contribution in [-0.4, -0.2) is 50.2 Å². The molecule has 0 bridgehead atoms. The fourth-order valence-corrected chi connectivity index (χ4v) is 6.08. The van der Waals surface area contributed by atoms with Crippen molar-refractivity contribution in [1.29, 1.82) is 0 Å². The molecule has 2 heterocycles. The minimum absolute atomic E-state index is 0.201. The van der Waals surface area contributed by atoms with Crippen LogP contribution in [0.2, 0.25) is 0 Å². The summed E-state index contributed by atoms with van der Waals surface area (Å²) in [7, 11) is 0. The molecule has 1 saturated carbocycles. The minimum Gasteiger partial charge on any atom is -0.368 e. The Hall–Kier alpha value is -0.690. The van der Waals surface area contributed by atoms with E-state index in [0.717, 1.165) is 24.3 Å². The van der Waals surface area contributed by atoms with Crippen LogP contribution in [0.1, 0.15) is 25.7 Å². The van der Waals surface area contributed by atoms with Crippen molar-refractivity contribution in [2.24, 2.45) is 5.73 Å². The number of rotatable bonds is 2. The van der Waals surface area contributed by atoms with Crippen LogP contribution < -0.4 is 5.73 Å². The molecule has 104 valence electrons. The van der Waals surface area contributed by atoms with Crippen molar-refractivity contribution in [1.82, 2.24) is 4.90 Å². The number of carbonyl (C=O) groups excluding carboxylic acids is 3. The fourth-order valence-electron chi connectivity index (χ4n) is 3.25. The van der Waals surface area contributed by atoms with E-state index in [9.17, 15) is 14.4 Å². The summed E-state index contributed by atoms with van der Waals surface area (Å²) in [5.41, 5.74) is 4.48. The van der Waals surface area contributed by atoms with Crippen LogP contribution in [0, 0.1) is 0 Å². The molecule has 2 saturated heterocycles. The first-order chi connectivity index (χ1) is 9.08. The fraction of sp³-hybridized carbons (Fsp3) is 0.750. The van der Waals surface area contributed by atoms with Gasteiger partial charge in [0.15, 0.2) is 0 Å². The van der Waals surface area contributed by atoms with E-state index in [2.05, 4.69) is 0 Å². The molecule has 0 aromatic carbocycles. The van der Waals surface area contributed by atoms with Crippen LogP contribution in [0.4, 0.5) is 0 Å². The minimum atomic E-state index is -1.05. The quantitative estimate of drug-likeness (QED) is 0.745. The lowest BCUT2D eigenvalue weighted by Crippen LogP contribution is -2.58. The van der Waals surface area contributed by atoms with Gasteiger partial charge in [0.2, 0.25) is 17.7 Å². The van der Waals surface area contributed by atoms with Crippen molar-refractivity contribution < 1.29 is 14.4 Å². The highest BCUT2D eigenvalue weighted by Crippen LogP contribution is 2.45. The Morgan fingerprint density at radius 1 is 1.11 bits per heavy atom. The van der Waals surface area contributed by atoms with Crippen LogP contribution in [0.15, 0.2) is 0 Å². The Labute approximate surface area is 120 Å². The summed E-state index contributed by atoms with van der Waals surface area (Å²) in [5, 5.41) is -0.633. The number of nitrogens with two attached hydrogens (primary N) is 1. The van der Waals surface area contributed by atoms with Crippen molar-refractivity contribution in [3.8, 4) is 0 Å². The number of likely N-dealkylation sites (tertiary alicyclic amines) is 1. The number of fused-ring (bicyclic) bond motifs is 1. The Kier molecular flexibility index (Phi) is 3.29. The van der Waals surface area contributed by atoms with Crippen molar-refractivity contribution in [3.63, 3.8) is 0 Å². The van der Waals surface area contributed by atoms with E-state index in [1.54, 1.807) is 0 Å². The van der Waals surface area contributed by atoms with Gasteiger partial charge in [-0.1, -0.05) is 12.8 Å². The van der Waals surface area contributed by atoms with Gasteiger partial charge < -0.3 is 5.73 Å². The maximum atomic E-state index is 12.5. The molecule has 2 unspecified atom stereocenters. The highest BCUT2D eigenvalue weighted by molar-refractivity contribution is 8.08. The molecule has 2 aliphatic heterocycles. The molecule has 3 rings (SSSR count). The Morgan fingerprint density at radius 2 is 1.58 bits per heavy atom. The van der Waals surface area contributed by atoms with Crippen LogP contribution >= 0.6 is 23.5 Å². The third-order valence-electron chi connectivity index (χ3n) is 4.20. The predicted octanol–water partition coefficient (Wildman–Crippen LogP) is 0.370. The van der Waals surface area contributed by atoms with E-state index in [1.165, 1.54) is 28.4 Å². The molecule has 0 radical (unpaired) electrons. The van der Waals surface area contributed by atoms with Crippen LogP contribution in [0.25, 0.3) is 0 Å². The number of hydrogen-bond acceptors (Lipinski definition) is 5. The van der Waals surface area contributed by atoms with Gasteiger partial charge in [-0.2, -0.15) is 0 Å². The highest BCUT2D eigenvalue weighted by Gasteiger charge is 2.59. The van der Waals surface area contributed by atoms with Crippen LogP contribution in [0.3, 0.4) is 0 Å². The van der Waals surface area contributed by atoms with E-state index in [1.807, 2.05) is 0 Å². The third kappa shape index (κ3) is 1.81. The number of amides is 3. The Balaban J connectivity index is 1.97. The second-order valence-corrected chi connectivity index (χ2v) is 7.70. The molecule has 2 N–H and O–H groups in total. The Bertz CT molecular complexity index is 424. The van der Waals surface area contributed by atoms with Gasteiger partial charge in [-0.15, -0.1) is 23.5 Å². The van der Waals surface area contributed by atoms with E-state index < -0.39 is 11.4 Å². The zero-order valence-corrected chi connectivity index (χ0v) is 12.1. The largest absolute Gasteiger partial charge is 0.368 e. The molecule has 3 aliphatic rings. The number of nitrogens with zero attached hydrogens (tertiary/aromatic N) is 1. The van der Waals surface area contributed by atoms with Crippen molar-refractivity contribution in [2.45, 2.75) is 41.7 Å². The van der Waals surface area contributed by atoms with Gasteiger partial charge in [-0.05, 0) is 12.8 Å². The zero-order chi connectivity index (χ0) is 13.6. The molecular formula is C12H16N2O3S2. The number of carbonyl (C=O) groups is 3. The maximum Gasteiger partial charge on any atom is 0.244 e. The van der Waals surface area contributed by atoms with Gasteiger partial charge in [0.05, 0.1) is 0 Å². The number of primary amides is 1. The molecule has 0 aromatic heterocycles. The van der Waals surface area contributed by atoms with Gasteiger partial charge in [-0.3, -0.25) is 19.3 Å². The van der Waals surface area contributed by atoms with Crippen molar-refractivity contribution >= 4 is 41.2 Å². The van der Waals surface area contributed by atoms with Gasteiger partial charge in [0, 0.05) is 11.5 Å². The third-order valence-corrected chi connectivity index (χ3v) is 7.17. The summed E-state index contributed by atoms with van der Waals surface area (Å²) in [6.45, 7) is 0. The summed E-state index contributed by atoms with van der Waals surface area (Å²) >= 11 is 3.07. The van der Waals surface area contributed by atoms with Crippen LogP contribution in [0.5, 0.6) is 0 Å². The monoisotopic (exact) mass is 300 g/mol. The molecule has 19 heavy (non-hydrogen) atoms. The van der Waals surface area contributed by atoms with E-state index in [4.69, 9.17) is 5.73 Å². The average molecular weight is 300 g/mol. The lowest BCUT2D eigenvalue weighted by atomic mass is 9.94. The summed E-state index contributed by atoms with van der Waals surface area (Å²) in [5.74, 6) is 0.825. The molecule has 0 spiro atoms. The molecule has 0 aromatic rings. The van der Waals surface area contributed by atoms with Gasteiger partial charge in [0.1, 0.15) is 16.0 Å². The first-order valence-electron chi connectivity index (χ1n) is 6.49. The molecular weight excluding hydrogens is 284 g/mol. The summed E-state index contributed by atoms with van der Waals surface area (Å²) < 4.78 is 0. The standard InChI is InChI=1S/C12H16N2O3S2/c13-11(17)12(3-1-2-4-12)14-9(15)7-8(10(14)16)19-6-5-18-7/h7-8H,1-6H2,(H2,13,17). The second kappa shape index (κ2) is 4.70. The normalized spacial score (nSPS) is 33.6. The summed E-state index contributed by atoms with van der Waals surface area (Å²) in [6.07, 6.45) is 2.73. The SMILES string of the molecule is NC(=O)C1(N2C(=O)C3SCCSC3C2=O)CCCC1. The average Bonchev–Trinajstić information content (AvgIpc) is 2.97. The molecule has 3 amide bonds. The second-order valence-electron chi connectivity index (χ2n) is 5.20. The van der Waals surface area contributed by atoms with Gasteiger partial charge in [-0.25, -0.2) is 0 Å². The molecule has 2 atom stereocenters. The van der Waals surface area contributed by atoms with Gasteiger partial charge in [0.25, 0.3) is 0 Å². The first kappa shape index (κ1) is 13.3. The van der Waals surface area contributed by atoms with E-state index >= 15 is 0 Å². The number of thioether (sulfide) groups is 2. The molecule has 3 fully saturated rings.